The van der Waals surface area contributed by atoms with Crippen LogP contribution in [-0.2, 0) is 23.7 Å². The lowest BCUT2D eigenvalue weighted by molar-refractivity contribution is -0.284. The average molecular weight is 785 g/mol. The predicted octanol–water partition coefficient (Wildman–Crippen LogP) is 0.665. The van der Waals surface area contributed by atoms with E-state index in [2.05, 4.69) is 0 Å². The van der Waals surface area contributed by atoms with E-state index < -0.39 is 175 Å². The zero-order valence-electron chi connectivity index (χ0n) is 27.4. The molecule has 0 radical (unpaired) electrons. The zero-order valence-corrected chi connectivity index (χ0v) is 27.4. The molecule has 3 heterocycles. The Balaban J connectivity index is 1.44. The summed E-state index contributed by atoms with van der Waals surface area (Å²) >= 11 is 0. The molecule has 292 valence electrons. The van der Waals surface area contributed by atoms with Gasteiger partial charge in [0.05, 0.1) is 22.3 Å². The van der Waals surface area contributed by atoms with Crippen molar-refractivity contribution in [1.82, 2.24) is 0 Å². The molecule has 0 saturated carbocycles. The second-order valence-corrected chi connectivity index (χ2v) is 12.3. The normalized spacial score (nSPS) is 21.8. The smallest absolute Gasteiger partial charge is 0.339 e. The fourth-order valence-corrected chi connectivity index (χ4v) is 6.46. The Hall–Kier alpha value is -7.72. The van der Waals surface area contributed by atoms with E-state index in [1.165, 1.54) is 0 Å². The van der Waals surface area contributed by atoms with Gasteiger partial charge in [0.25, 0.3) is 0 Å². The molecule has 22 nitrogen and oxygen atoms in total. The molecule has 0 bridgehead atoms. The van der Waals surface area contributed by atoms with Crippen LogP contribution in [0.5, 0.6) is 69.0 Å². The monoisotopic (exact) mass is 784 g/mol. The van der Waals surface area contributed by atoms with Crippen molar-refractivity contribution in [3.05, 3.63) is 46.5 Å². The van der Waals surface area contributed by atoms with Crippen molar-refractivity contribution in [3.8, 4) is 91.2 Å². The first kappa shape index (κ1) is 36.6. The molecule has 22 heteroatoms. The molecule has 1 fully saturated rings. The van der Waals surface area contributed by atoms with Gasteiger partial charge in [-0.25, -0.2) is 19.2 Å². The number of cyclic esters (lactones) is 1. The molecule has 7 rings (SSSR count). The van der Waals surface area contributed by atoms with Crippen molar-refractivity contribution in [1.29, 1.82) is 0 Å². The third-order valence-corrected chi connectivity index (χ3v) is 9.11. The molecule has 0 aromatic heterocycles. The molecule has 1 unspecified atom stereocenters. The SMILES string of the molecule is O=C1OC[C@H]2OC(O)[C@@H]3OC(=O)c4cc(O)c(O)c(O)c4-c4c(cc(O)c(O)c4O)C(=O)O[C@@H]3[C@@H]2OC(=O)c2cc(O)c(O)c(O)c2-c2c1cc(O)c(O)c2O. The van der Waals surface area contributed by atoms with E-state index in [0.29, 0.717) is 24.3 Å². The number of phenols is 12. The average Bonchev–Trinajstić information content (AvgIpc) is 3.16. The van der Waals surface area contributed by atoms with Crippen LogP contribution in [-0.4, -0.2) is 128 Å². The topological polar surface area (TPSA) is 377 Å². The quantitative estimate of drug-likeness (QED) is 0.0661. The highest BCUT2D eigenvalue weighted by Gasteiger charge is 2.54. The Bertz CT molecular complexity index is 2440. The second kappa shape index (κ2) is 12.7. The number of hydrogen-bond acceptors (Lipinski definition) is 22. The van der Waals surface area contributed by atoms with Crippen molar-refractivity contribution in [2.45, 2.75) is 30.7 Å². The van der Waals surface area contributed by atoms with Gasteiger partial charge in [0, 0.05) is 22.3 Å². The van der Waals surface area contributed by atoms with Crippen LogP contribution in [0.4, 0.5) is 0 Å². The van der Waals surface area contributed by atoms with Gasteiger partial charge in [-0.1, -0.05) is 0 Å². The zero-order chi connectivity index (χ0) is 40.8. The molecule has 5 atom stereocenters. The van der Waals surface area contributed by atoms with Gasteiger partial charge in [-0.2, -0.15) is 0 Å². The summed E-state index contributed by atoms with van der Waals surface area (Å²) in [4.78, 5) is 55.3. The number of carbonyl (C=O) groups is 4. The molecule has 1 saturated heterocycles. The first-order valence-corrected chi connectivity index (χ1v) is 15.6. The fraction of sp³-hybridized carbons (Fsp3) is 0.176. The Morgan fingerprint density at radius 3 is 1.07 bits per heavy atom. The van der Waals surface area contributed by atoms with Gasteiger partial charge in [-0.3, -0.25) is 0 Å². The standard InChI is InChI=1S/C34H24O22/c35-10-1-6-15(23(43)19(10)39)16-7(2-11(36)20(40)24(16)44)31(48)54-27-14(5-52-30(6)47)53-34(51)29-28(27)55-32(49)8-3-12(37)21(41)25(45)17(8)18-9(33(50)56-29)4-13(38)22(42)26(18)46/h1-4,14,27-29,34-46,51H,5H2/t14-,27-,28-,29-,34?/m1/s1. The van der Waals surface area contributed by atoms with E-state index in [1.54, 1.807) is 0 Å². The van der Waals surface area contributed by atoms with Gasteiger partial charge in [-0.05, 0) is 24.3 Å². The maximum absolute atomic E-state index is 14.1. The van der Waals surface area contributed by atoms with E-state index in [4.69, 9.17) is 23.7 Å². The lowest BCUT2D eigenvalue weighted by Crippen LogP contribution is -2.62. The van der Waals surface area contributed by atoms with E-state index in [0.717, 1.165) is 0 Å². The van der Waals surface area contributed by atoms with Crippen LogP contribution < -0.4 is 0 Å². The largest absolute Gasteiger partial charge is 0.504 e. The molecular weight excluding hydrogens is 760 g/mol. The van der Waals surface area contributed by atoms with Crippen LogP contribution in [0.2, 0.25) is 0 Å². The van der Waals surface area contributed by atoms with Crippen molar-refractivity contribution in [2.75, 3.05) is 6.61 Å². The number of hydrogen-bond donors (Lipinski definition) is 13. The first-order chi connectivity index (χ1) is 26.3. The Morgan fingerprint density at radius 2 is 0.714 bits per heavy atom. The van der Waals surface area contributed by atoms with Crippen molar-refractivity contribution in [2.24, 2.45) is 0 Å². The number of aliphatic hydroxyl groups is 1. The highest BCUT2D eigenvalue weighted by Crippen LogP contribution is 2.55. The van der Waals surface area contributed by atoms with Crippen LogP contribution in [0.15, 0.2) is 24.3 Å². The molecule has 4 aromatic carbocycles. The lowest BCUT2D eigenvalue weighted by Gasteiger charge is -2.43. The number of carbonyl (C=O) groups excluding carboxylic acids is 4. The van der Waals surface area contributed by atoms with Crippen molar-refractivity contribution >= 4 is 23.9 Å². The number of aliphatic hydroxyl groups excluding tert-OH is 1. The molecule has 3 aliphatic heterocycles. The minimum Gasteiger partial charge on any atom is -0.504 e. The van der Waals surface area contributed by atoms with Crippen LogP contribution in [0, 0.1) is 0 Å². The fourth-order valence-electron chi connectivity index (χ4n) is 6.46. The molecule has 13 N–H and O–H groups in total. The van der Waals surface area contributed by atoms with Gasteiger partial charge in [0.2, 0.25) is 23.0 Å². The Morgan fingerprint density at radius 1 is 0.411 bits per heavy atom. The summed E-state index contributed by atoms with van der Waals surface area (Å²) in [5.74, 6) is -21.9. The molecule has 0 aliphatic carbocycles. The summed E-state index contributed by atoms with van der Waals surface area (Å²) in [5.41, 5.74) is -7.76. The number of phenolic OH excluding ortho intramolecular Hbond substituents is 12. The summed E-state index contributed by atoms with van der Waals surface area (Å²) in [6, 6.07) is 1.96. The van der Waals surface area contributed by atoms with Gasteiger partial charge in [-0.15, -0.1) is 0 Å². The first-order valence-electron chi connectivity index (χ1n) is 15.6. The van der Waals surface area contributed by atoms with Crippen LogP contribution >= 0.6 is 0 Å². The molecule has 0 spiro atoms. The van der Waals surface area contributed by atoms with Gasteiger partial charge < -0.3 is 90.1 Å². The van der Waals surface area contributed by atoms with Crippen LogP contribution in [0.1, 0.15) is 41.4 Å². The van der Waals surface area contributed by atoms with E-state index in [-0.39, 0.29) is 0 Å². The minimum absolute atomic E-state index is 0.465. The summed E-state index contributed by atoms with van der Waals surface area (Å²) in [6.07, 6.45) is -11.1. The van der Waals surface area contributed by atoms with Crippen molar-refractivity contribution in [3.63, 3.8) is 0 Å². The van der Waals surface area contributed by atoms with E-state index in [1.807, 2.05) is 0 Å². The number of rotatable bonds is 0. The molecular formula is C34H24O22. The Kier molecular flexibility index (Phi) is 8.31. The summed E-state index contributed by atoms with van der Waals surface area (Å²) in [5, 5.41) is 137. The number of benzene rings is 4. The number of fused-ring (bicyclic) bond motifs is 9. The Labute approximate surface area is 308 Å². The maximum Gasteiger partial charge on any atom is 0.339 e. The molecule has 3 aliphatic rings. The lowest BCUT2D eigenvalue weighted by atomic mass is 9.91. The van der Waals surface area contributed by atoms with Gasteiger partial charge in [0.1, 0.15) is 12.7 Å². The summed E-state index contributed by atoms with van der Waals surface area (Å²) < 4.78 is 27.2. The third-order valence-electron chi connectivity index (χ3n) is 9.11. The maximum atomic E-state index is 14.1. The second-order valence-electron chi connectivity index (χ2n) is 12.3. The highest BCUT2D eigenvalue weighted by molar-refractivity contribution is 6.10. The number of aromatic hydroxyl groups is 12. The predicted molar refractivity (Wildman–Crippen MR) is 173 cm³/mol. The van der Waals surface area contributed by atoms with E-state index in [9.17, 15) is 85.6 Å². The third kappa shape index (κ3) is 5.34. The summed E-state index contributed by atoms with van der Waals surface area (Å²) in [7, 11) is 0. The van der Waals surface area contributed by atoms with E-state index >= 15 is 0 Å². The number of ether oxygens (including phenoxy) is 5. The molecule has 0 amide bonds. The summed E-state index contributed by atoms with van der Waals surface area (Å²) in [6.45, 7) is -1.08. The van der Waals surface area contributed by atoms with Gasteiger partial charge >= 0.3 is 23.9 Å². The minimum atomic E-state index is -2.40. The highest BCUT2D eigenvalue weighted by atomic mass is 16.7. The van der Waals surface area contributed by atoms with Crippen molar-refractivity contribution < 1.29 is 109 Å². The molecule has 4 aromatic rings. The van der Waals surface area contributed by atoms with Crippen LogP contribution in [0.25, 0.3) is 22.3 Å². The number of esters is 4. The van der Waals surface area contributed by atoms with Crippen LogP contribution in [0.3, 0.4) is 0 Å². The van der Waals surface area contributed by atoms with Gasteiger partial charge in [0.15, 0.2) is 70.6 Å². The molecule has 56 heavy (non-hydrogen) atoms.